The van der Waals surface area contributed by atoms with Gasteiger partial charge in [0.15, 0.2) is 0 Å². The number of hydrazine groups is 1. The van der Waals surface area contributed by atoms with E-state index in [4.69, 9.17) is 15.0 Å². The molecule has 5 rings (SSSR count). The Hall–Kier alpha value is -2.28. The Morgan fingerprint density at radius 3 is 2.57 bits per heavy atom. The summed E-state index contributed by atoms with van der Waals surface area (Å²) in [6.07, 6.45) is 3.64. The summed E-state index contributed by atoms with van der Waals surface area (Å²) >= 11 is 0. The Labute approximate surface area is 205 Å². The van der Waals surface area contributed by atoms with E-state index in [1.165, 1.54) is 4.31 Å². The number of methoxy groups -OCH3 is 1. The van der Waals surface area contributed by atoms with Crippen molar-refractivity contribution < 1.29 is 18.3 Å². The van der Waals surface area contributed by atoms with Crippen LogP contribution in [-0.4, -0.2) is 96.3 Å². The van der Waals surface area contributed by atoms with E-state index >= 15 is 0 Å². The van der Waals surface area contributed by atoms with Crippen LogP contribution < -0.4 is 25.8 Å². The predicted octanol–water partition coefficient (Wildman–Crippen LogP) is -0.786. The molecule has 4 saturated heterocycles. The molecule has 4 fully saturated rings. The Bertz CT molecular complexity index is 1060. The number of aliphatic hydroxyl groups excluding tert-OH is 1. The predicted molar refractivity (Wildman–Crippen MR) is 127 cm³/mol. The van der Waals surface area contributed by atoms with Crippen molar-refractivity contribution in [1.82, 2.24) is 29.4 Å². The molecule has 13 nitrogen and oxygen atoms in total. The van der Waals surface area contributed by atoms with Crippen molar-refractivity contribution in [1.29, 1.82) is 5.26 Å². The van der Waals surface area contributed by atoms with Crippen molar-refractivity contribution >= 4 is 22.0 Å². The van der Waals surface area contributed by atoms with E-state index < -0.39 is 10.2 Å². The van der Waals surface area contributed by atoms with Gasteiger partial charge in [-0.2, -0.15) is 32.3 Å². The summed E-state index contributed by atoms with van der Waals surface area (Å²) in [4.78, 5) is 11.3. The fourth-order valence-corrected chi connectivity index (χ4v) is 7.71. The molecule has 14 heteroatoms. The highest BCUT2D eigenvalue weighted by Gasteiger charge is 2.51. The van der Waals surface area contributed by atoms with Gasteiger partial charge in [-0.05, 0) is 25.7 Å². The van der Waals surface area contributed by atoms with Crippen LogP contribution in [0.5, 0.6) is 5.88 Å². The highest BCUT2D eigenvalue weighted by Crippen LogP contribution is 2.41. The number of hydrogen-bond acceptors (Lipinski definition) is 11. The number of piperidine rings is 1. The number of fused-ring (bicyclic) bond motifs is 2. The number of rotatable bonds is 8. The summed E-state index contributed by atoms with van der Waals surface area (Å²) in [5.74, 6) is 1.34. The van der Waals surface area contributed by atoms with E-state index in [0.29, 0.717) is 36.9 Å². The molecule has 0 amide bonds. The second-order valence-electron chi connectivity index (χ2n) is 9.80. The Morgan fingerprint density at radius 2 is 1.97 bits per heavy atom. The molecular weight excluding hydrogens is 474 g/mol. The van der Waals surface area contributed by atoms with E-state index in [1.54, 1.807) is 17.5 Å². The van der Waals surface area contributed by atoms with Gasteiger partial charge < -0.3 is 20.1 Å². The molecule has 4 aliphatic rings. The number of hydrogen-bond donors (Lipinski definition) is 4. The summed E-state index contributed by atoms with van der Waals surface area (Å²) < 4.78 is 35.0. The lowest BCUT2D eigenvalue weighted by atomic mass is 9.99. The molecule has 1 aromatic heterocycles. The molecule has 0 spiro atoms. The van der Waals surface area contributed by atoms with Gasteiger partial charge in [0.1, 0.15) is 5.82 Å². The van der Waals surface area contributed by atoms with Gasteiger partial charge in [-0.25, -0.2) is 5.43 Å². The van der Waals surface area contributed by atoms with Crippen molar-refractivity contribution in [3.05, 3.63) is 6.07 Å². The van der Waals surface area contributed by atoms with Crippen LogP contribution in [-0.2, 0) is 10.2 Å². The molecule has 1 aromatic rings. The number of nitrogens with one attached hydrogen (secondary N) is 3. The first kappa shape index (κ1) is 24.4. The Kier molecular flexibility index (Phi) is 6.73. The zero-order valence-corrected chi connectivity index (χ0v) is 20.8. The zero-order chi connectivity index (χ0) is 24.7. The summed E-state index contributed by atoms with van der Waals surface area (Å²) in [5.41, 5.74) is 6.13. The molecule has 4 aliphatic heterocycles. The molecule has 0 radical (unpaired) electrons. The normalized spacial score (nSPS) is 31.7. The van der Waals surface area contributed by atoms with Gasteiger partial charge in [0.25, 0.3) is 10.2 Å². The van der Waals surface area contributed by atoms with E-state index in [1.807, 2.05) is 11.9 Å². The van der Waals surface area contributed by atoms with Crippen LogP contribution in [0, 0.1) is 17.2 Å². The lowest BCUT2D eigenvalue weighted by Crippen LogP contribution is -2.60. The van der Waals surface area contributed by atoms with Crippen molar-refractivity contribution in [2.24, 2.45) is 5.92 Å². The monoisotopic (exact) mass is 507 g/mol. The van der Waals surface area contributed by atoms with Gasteiger partial charge in [0, 0.05) is 56.8 Å². The molecule has 5 atom stereocenters. The van der Waals surface area contributed by atoms with Crippen LogP contribution in [0.25, 0.3) is 0 Å². The van der Waals surface area contributed by atoms with E-state index in [9.17, 15) is 13.5 Å². The largest absolute Gasteiger partial charge is 0.481 e. The van der Waals surface area contributed by atoms with Gasteiger partial charge in [0.05, 0.1) is 31.9 Å². The average Bonchev–Trinajstić information content (AvgIpc) is 3.39. The molecule has 5 heterocycles. The van der Waals surface area contributed by atoms with Crippen LogP contribution in [0.15, 0.2) is 6.07 Å². The minimum atomic E-state index is -3.55. The molecule has 4 N–H and O–H groups in total. The molecule has 2 bridgehead atoms. The van der Waals surface area contributed by atoms with Crippen LogP contribution in [0.3, 0.4) is 0 Å². The quantitative estimate of drug-likeness (QED) is 0.349. The van der Waals surface area contributed by atoms with Gasteiger partial charge in [-0.15, -0.1) is 0 Å². The van der Waals surface area contributed by atoms with Crippen molar-refractivity contribution in [2.45, 2.75) is 62.4 Å². The van der Waals surface area contributed by atoms with Gasteiger partial charge >= 0.3 is 0 Å². The first-order valence-corrected chi connectivity index (χ1v) is 13.4. The van der Waals surface area contributed by atoms with E-state index in [-0.39, 0.29) is 55.9 Å². The Morgan fingerprint density at radius 1 is 1.26 bits per heavy atom. The zero-order valence-electron chi connectivity index (χ0n) is 20.0. The summed E-state index contributed by atoms with van der Waals surface area (Å²) in [5, 5.41) is 21.7. The standard InChI is InChI=1S/C21H33N9O4S/c1-28(21-24-18(8-20(25-21)34-2)23-19-5-14(12-31)26-27-19)17-6-15-3-4-16(7-17)30(15)35(32,33)29-10-13(9-22)11-29/h8,13-17,19,26-27,31H,3-7,10-12H2,1-2H3,(H,23,24,25)/t14?,15-,16+,17?,19?. The lowest BCUT2D eigenvalue weighted by molar-refractivity contribution is 0.177. The van der Waals surface area contributed by atoms with Gasteiger partial charge in [-0.3, -0.25) is 5.43 Å². The number of nitrogens with zero attached hydrogens (tertiary/aromatic N) is 6. The van der Waals surface area contributed by atoms with Crippen molar-refractivity contribution in [3.63, 3.8) is 0 Å². The summed E-state index contributed by atoms with van der Waals surface area (Å²) in [6, 6.07) is 3.80. The van der Waals surface area contributed by atoms with Gasteiger partial charge in [0.2, 0.25) is 11.8 Å². The summed E-state index contributed by atoms with van der Waals surface area (Å²) in [7, 11) is -0.0502. The maximum atomic E-state index is 13.2. The fraction of sp³-hybridized carbons (Fsp3) is 0.762. The van der Waals surface area contributed by atoms with E-state index in [2.05, 4.69) is 27.2 Å². The Balaban J connectivity index is 1.28. The minimum Gasteiger partial charge on any atom is -0.481 e. The molecule has 0 aliphatic carbocycles. The minimum absolute atomic E-state index is 0.0302. The second-order valence-corrected chi connectivity index (χ2v) is 11.6. The van der Waals surface area contributed by atoms with Crippen LogP contribution in [0.1, 0.15) is 32.1 Å². The van der Waals surface area contributed by atoms with Crippen LogP contribution in [0.2, 0.25) is 0 Å². The molecule has 0 aromatic carbocycles. The summed E-state index contributed by atoms with van der Waals surface area (Å²) in [6.45, 7) is 0.617. The number of aliphatic hydroxyl groups is 1. The number of ether oxygens (including phenoxy) is 1. The lowest BCUT2D eigenvalue weighted by Gasteiger charge is -2.45. The topological polar surface area (TPSA) is 159 Å². The second kappa shape index (κ2) is 9.64. The molecule has 3 unspecified atom stereocenters. The fourth-order valence-electron chi connectivity index (χ4n) is 5.57. The highest BCUT2D eigenvalue weighted by atomic mass is 32.2. The van der Waals surface area contributed by atoms with Crippen molar-refractivity contribution in [2.75, 3.05) is 44.1 Å². The van der Waals surface area contributed by atoms with E-state index in [0.717, 1.165) is 12.8 Å². The first-order chi connectivity index (χ1) is 16.8. The third-order valence-corrected chi connectivity index (χ3v) is 9.63. The maximum Gasteiger partial charge on any atom is 0.282 e. The molecule has 35 heavy (non-hydrogen) atoms. The number of anilines is 2. The molecule has 192 valence electrons. The van der Waals surface area contributed by atoms with Crippen LogP contribution in [0.4, 0.5) is 11.8 Å². The SMILES string of the molecule is COc1cc(NC2CC(CO)NN2)nc(N(C)C2C[C@H]3CC[C@@H](C2)N3S(=O)(=O)N2CC(C#N)C2)n1. The smallest absolute Gasteiger partial charge is 0.282 e. The van der Waals surface area contributed by atoms with Crippen LogP contribution >= 0.6 is 0 Å². The first-order valence-electron chi connectivity index (χ1n) is 12.0. The molecular formula is C21H33N9O4S. The maximum absolute atomic E-state index is 13.2. The third-order valence-electron chi connectivity index (χ3n) is 7.55. The number of nitriles is 1. The van der Waals surface area contributed by atoms with Crippen molar-refractivity contribution in [3.8, 4) is 11.9 Å². The molecule has 0 saturated carbocycles. The highest BCUT2D eigenvalue weighted by molar-refractivity contribution is 7.86. The van der Waals surface area contributed by atoms with Gasteiger partial charge in [-0.1, -0.05) is 0 Å². The number of aromatic nitrogens is 2. The third kappa shape index (κ3) is 4.64. The average molecular weight is 508 g/mol.